The van der Waals surface area contributed by atoms with Crippen LogP contribution in [0, 0.1) is 0 Å². The number of hydrogen-bond acceptors (Lipinski definition) is 6. The molecule has 0 amide bonds. The van der Waals surface area contributed by atoms with Crippen molar-refractivity contribution in [3.63, 3.8) is 0 Å². The Morgan fingerprint density at radius 2 is 1.40 bits per heavy atom. The molecule has 0 fully saturated rings. The van der Waals surface area contributed by atoms with Crippen LogP contribution >= 0.6 is 16.5 Å². The summed E-state index contributed by atoms with van der Waals surface area (Å²) < 4.78 is 21.6. The Balaban J connectivity index is -0.000000149. The molecule has 0 aromatic heterocycles. The second-order valence-corrected chi connectivity index (χ2v) is 2.08. The zero-order valence-electron chi connectivity index (χ0n) is 4.68. The summed E-state index contributed by atoms with van der Waals surface area (Å²) in [6.07, 6.45) is 0. The van der Waals surface area contributed by atoms with Crippen molar-refractivity contribution in [2.24, 2.45) is 0 Å². The van der Waals surface area contributed by atoms with Crippen LogP contribution in [-0.4, -0.2) is 12.2 Å². The first kappa shape index (κ1) is 17.0. The van der Waals surface area contributed by atoms with Gasteiger partial charge in [0.25, 0.3) is 0 Å². The fraction of sp³-hybridized carbons (Fsp3) is 1.00. The molecule has 2 atom stereocenters. The molecule has 1 N–H and O–H groups in total. The summed E-state index contributed by atoms with van der Waals surface area (Å²) in [6, 6.07) is 0. The van der Waals surface area contributed by atoms with E-state index in [0.717, 1.165) is 7.11 Å². The van der Waals surface area contributed by atoms with Crippen molar-refractivity contribution in [3.8, 4) is 0 Å². The monoisotopic (exact) mass is 281 g/mol. The van der Waals surface area contributed by atoms with Gasteiger partial charge < -0.3 is 14.9 Å². The fourth-order valence-corrected chi connectivity index (χ4v) is 0.490. The fourth-order valence-electron chi connectivity index (χ4n) is 0.0544. The van der Waals surface area contributed by atoms with E-state index < -0.39 is 16.5 Å². The van der Waals surface area contributed by atoms with E-state index in [9.17, 15) is 18.9 Å². The van der Waals surface area contributed by atoms with Gasteiger partial charge in [-0.1, -0.05) is 0 Å². The third-order valence-corrected chi connectivity index (χ3v) is 1.20. The van der Waals surface area contributed by atoms with E-state index in [4.69, 9.17) is 5.11 Å². The van der Waals surface area contributed by atoms with Gasteiger partial charge in [-0.2, -0.15) is 0 Å². The average molecular weight is 282 g/mol. The first-order chi connectivity index (χ1) is 4.13. The molecule has 0 aliphatic carbocycles. The predicted molar refractivity (Wildman–Crippen MR) is 24.4 cm³/mol. The molecule has 0 rings (SSSR count). The second-order valence-electron chi connectivity index (χ2n) is 0.529. The molecule has 65 valence electrons. The maximum absolute atomic E-state index is 9.24. The molecule has 0 aromatic rings. The van der Waals surface area contributed by atoms with Gasteiger partial charge in [-0.15, -0.1) is 0 Å². The third kappa shape index (κ3) is 23.3. The summed E-state index contributed by atoms with van der Waals surface area (Å²) >= 11 is 0. The summed E-state index contributed by atoms with van der Waals surface area (Å²) in [7, 11) is -5.47. The standard InChI is InChI=1S/CH4O.Ag.O5P2/c1-2;;1-6(2)5-7(3)4/h2H,1H3;;. The van der Waals surface area contributed by atoms with Crippen molar-refractivity contribution in [1.82, 2.24) is 0 Å². The van der Waals surface area contributed by atoms with Crippen LogP contribution in [0.3, 0.4) is 0 Å². The molecule has 0 aromatic carbocycles. The van der Waals surface area contributed by atoms with Crippen molar-refractivity contribution in [1.29, 1.82) is 0 Å². The van der Waals surface area contributed by atoms with E-state index in [2.05, 4.69) is 4.31 Å². The molecule has 0 aliphatic rings. The zero-order valence-corrected chi connectivity index (χ0v) is 7.96. The van der Waals surface area contributed by atoms with Crippen molar-refractivity contribution >= 4 is 16.5 Å². The van der Waals surface area contributed by atoms with Gasteiger partial charge in [0.1, 0.15) is 4.31 Å². The smallest absolute Gasteiger partial charge is 0.543 e. The van der Waals surface area contributed by atoms with Gasteiger partial charge in [-0.05, 0) is 9.13 Å². The van der Waals surface area contributed by atoms with Crippen LogP contribution in [0.5, 0.6) is 0 Å². The molecule has 9 heteroatoms. The summed E-state index contributed by atoms with van der Waals surface area (Å²) in [4.78, 5) is 18.5. The summed E-state index contributed by atoms with van der Waals surface area (Å²) in [5.41, 5.74) is 0. The Labute approximate surface area is 74.6 Å². The number of aliphatic hydroxyl groups is 1. The van der Waals surface area contributed by atoms with Gasteiger partial charge in [0.05, 0.1) is 0 Å². The maximum atomic E-state index is 9.24. The van der Waals surface area contributed by atoms with E-state index in [1.165, 1.54) is 0 Å². The quantitative estimate of drug-likeness (QED) is 0.495. The molecule has 1 radical (unpaired) electrons. The molecular formula is CH4AgO6P2. The maximum Gasteiger partial charge on any atom is 0.543 e. The number of rotatable bonds is 2. The van der Waals surface area contributed by atoms with E-state index in [-0.39, 0.29) is 22.4 Å². The topological polar surface area (TPSA) is 110 Å². The van der Waals surface area contributed by atoms with Crippen LogP contribution in [0.4, 0.5) is 0 Å². The zero-order chi connectivity index (χ0) is 7.86. The normalized spacial score (nSPS) is 10.0. The van der Waals surface area contributed by atoms with Crippen molar-refractivity contribution < 1.29 is 50.7 Å². The molecule has 0 aliphatic heterocycles. The summed E-state index contributed by atoms with van der Waals surface area (Å²) in [6.45, 7) is 0. The van der Waals surface area contributed by atoms with Crippen molar-refractivity contribution in [2.75, 3.05) is 7.11 Å². The van der Waals surface area contributed by atoms with E-state index in [1.807, 2.05) is 0 Å². The first-order valence-electron chi connectivity index (χ1n) is 1.54. The van der Waals surface area contributed by atoms with Crippen LogP contribution in [-0.2, 0) is 35.8 Å². The molecule has 0 saturated carbocycles. The van der Waals surface area contributed by atoms with Gasteiger partial charge in [0, 0.05) is 29.5 Å². The van der Waals surface area contributed by atoms with Crippen molar-refractivity contribution in [2.45, 2.75) is 0 Å². The second kappa shape index (κ2) is 12.5. The van der Waals surface area contributed by atoms with E-state index >= 15 is 0 Å². The molecule has 10 heavy (non-hydrogen) atoms. The first-order valence-corrected chi connectivity index (χ1v) is 3.73. The Morgan fingerprint density at radius 3 is 1.40 bits per heavy atom. The third-order valence-electron chi connectivity index (χ3n) is 0.133. The van der Waals surface area contributed by atoms with Crippen LogP contribution in [0.15, 0.2) is 0 Å². The van der Waals surface area contributed by atoms with Gasteiger partial charge in [0.2, 0.25) is 0 Å². The molecule has 2 unspecified atom stereocenters. The molecule has 0 saturated heterocycles. The Hall–Kier alpha value is 0.780. The van der Waals surface area contributed by atoms with Gasteiger partial charge in [-0.3, -0.25) is 0 Å². The van der Waals surface area contributed by atoms with Crippen LogP contribution < -0.4 is 9.79 Å². The van der Waals surface area contributed by atoms with Crippen molar-refractivity contribution in [3.05, 3.63) is 0 Å². The van der Waals surface area contributed by atoms with Gasteiger partial charge >= 0.3 is 16.5 Å². The van der Waals surface area contributed by atoms with Gasteiger partial charge in [-0.25, -0.2) is 0 Å². The van der Waals surface area contributed by atoms with E-state index in [0.29, 0.717) is 0 Å². The number of hydrogen-bond donors (Lipinski definition) is 1. The minimum absolute atomic E-state index is 0. The molecule has 0 heterocycles. The van der Waals surface area contributed by atoms with Gasteiger partial charge in [0.15, 0.2) is 0 Å². The minimum atomic E-state index is -3.24. The van der Waals surface area contributed by atoms with Crippen LogP contribution in [0.2, 0.25) is 0 Å². The van der Waals surface area contributed by atoms with E-state index in [1.54, 1.807) is 0 Å². The Morgan fingerprint density at radius 1 is 1.20 bits per heavy atom. The molecular weight excluding hydrogens is 278 g/mol. The minimum Gasteiger partial charge on any atom is -0.563 e. The summed E-state index contributed by atoms with van der Waals surface area (Å²) in [5.74, 6) is 0. The van der Waals surface area contributed by atoms with Crippen LogP contribution in [0.1, 0.15) is 0 Å². The SMILES string of the molecule is CO.O=[P+]([O-])O[P+](=O)[O-].[Ag]. The largest absolute Gasteiger partial charge is 0.563 e. The number of aliphatic hydroxyl groups excluding tert-OH is 1. The Kier molecular flexibility index (Phi) is 21.2. The van der Waals surface area contributed by atoms with Crippen LogP contribution in [0.25, 0.3) is 0 Å². The predicted octanol–water partition coefficient (Wildman–Crippen LogP) is -1.36. The molecule has 0 bridgehead atoms. The average Bonchev–Trinajstić information content (AvgIpc) is 1.68. The summed E-state index contributed by atoms with van der Waals surface area (Å²) in [5, 5.41) is 7.00. The molecule has 0 spiro atoms. The molecule has 6 nitrogen and oxygen atoms in total. The Bertz CT molecular complexity index is 91.9.